The molecule has 2 aromatic carbocycles. The zero-order valence-electron chi connectivity index (χ0n) is 16.1. The first-order valence-electron chi connectivity index (χ1n) is 9.54. The number of nitrogens with one attached hydrogen (secondary N) is 1. The highest BCUT2D eigenvalue weighted by Crippen LogP contribution is 2.35. The number of fused-ring (bicyclic) bond motifs is 1. The van der Waals surface area contributed by atoms with Crippen LogP contribution in [0.3, 0.4) is 0 Å². The van der Waals surface area contributed by atoms with Crippen LogP contribution in [0.5, 0.6) is 0 Å². The Hall–Kier alpha value is -3.15. The van der Waals surface area contributed by atoms with E-state index in [1.54, 1.807) is 18.2 Å². The van der Waals surface area contributed by atoms with Crippen molar-refractivity contribution < 1.29 is 9.59 Å². The predicted molar refractivity (Wildman–Crippen MR) is 109 cm³/mol. The molecule has 4 rings (SSSR count). The molecular weight excluding hydrogens is 352 g/mol. The third-order valence-electron chi connectivity index (χ3n) is 5.65. The van der Waals surface area contributed by atoms with E-state index < -0.39 is 0 Å². The minimum absolute atomic E-state index is 0.0793. The van der Waals surface area contributed by atoms with Gasteiger partial charge < -0.3 is 14.8 Å². The van der Waals surface area contributed by atoms with Crippen LogP contribution >= 0.6 is 0 Å². The van der Waals surface area contributed by atoms with Crippen LogP contribution in [-0.4, -0.2) is 39.4 Å². The third kappa shape index (κ3) is 3.63. The van der Waals surface area contributed by atoms with Gasteiger partial charge in [-0.05, 0) is 29.2 Å². The molecular formula is C22H24N4O2. The number of benzene rings is 2. The van der Waals surface area contributed by atoms with E-state index in [1.165, 1.54) is 0 Å². The molecule has 0 spiro atoms. The topological polar surface area (TPSA) is 67.2 Å². The Morgan fingerprint density at radius 3 is 2.71 bits per heavy atom. The van der Waals surface area contributed by atoms with E-state index in [0.29, 0.717) is 18.3 Å². The molecule has 1 fully saturated rings. The summed E-state index contributed by atoms with van der Waals surface area (Å²) in [4.78, 5) is 30.0. The van der Waals surface area contributed by atoms with Crippen LogP contribution in [0, 0.1) is 0 Å². The molecule has 1 saturated carbocycles. The number of anilines is 1. The van der Waals surface area contributed by atoms with Crippen molar-refractivity contribution >= 4 is 28.4 Å². The van der Waals surface area contributed by atoms with Gasteiger partial charge >= 0.3 is 0 Å². The molecule has 1 aliphatic carbocycles. The van der Waals surface area contributed by atoms with Crippen molar-refractivity contribution in [3.05, 3.63) is 60.6 Å². The normalized spacial score (nSPS) is 18.5. The standard InChI is InChI=1S/C22H24N4O2/c1-15(27)25(2)18-11-19(12-18)26-13-21(23-14-26)24-22(28)10-17-8-5-7-16-6-3-4-9-20(16)17/h3-9,13-14,18-19H,10-12H2,1-2H3,(H,24,28). The first-order chi connectivity index (χ1) is 13.5. The Morgan fingerprint density at radius 1 is 1.18 bits per heavy atom. The number of carbonyl (C=O) groups excluding carboxylic acids is 2. The monoisotopic (exact) mass is 376 g/mol. The second-order valence-corrected chi connectivity index (χ2v) is 7.48. The largest absolute Gasteiger partial charge is 0.343 e. The van der Waals surface area contributed by atoms with Crippen molar-refractivity contribution in [2.45, 2.75) is 38.3 Å². The predicted octanol–water partition coefficient (Wildman–Crippen LogP) is 3.40. The van der Waals surface area contributed by atoms with Crippen molar-refractivity contribution in [3.63, 3.8) is 0 Å². The average Bonchev–Trinajstić information content (AvgIpc) is 3.08. The number of carbonyl (C=O) groups is 2. The maximum Gasteiger partial charge on any atom is 0.230 e. The van der Waals surface area contributed by atoms with Crippen molar-refractivity contribution in [3.8, 4) is 0 Å². The molecule has 0 bridgehead atoms. The van der Waals surface area contributed by atoms with Gasteiger partial charge in [0, 0.05) is 32.3 Å². The van der Waals surface area contributed by atoms with Gasteiger partial charge in [-0.2, -0.15) is 0 Å². The second kappa shape index (κ2) is 7.46. The van der Waals surface area contributed by atoms with E-state index >= 15 is 0 Å². The molecule has 1 N–H and O–H groups in total. The lowest BCUT2D eigenvalue weighted by molar-refractivity contribution is -0.131. The van der Waals surface area contributed by atoms with Gasteiger partial charge in [0.05, 0.1) is 12.7 Å². The summed E-state index contributed by atoms with van der Waals surface area (Å²) in [5, 5.41) is 5.12. The molecule has 0 atom stereocenters. The fraction of sp³-hybridized carbons (Fsp3) is 0.318. The summed E-state index contributed by atoms with van der Waals surface area (Å²) < 4.78 is 2.03. The smallest absolute Gasteiger partial charge is 0.230 e. The first-order valence-corrected chi connectivity index (χ1v) is 9.54. The first kappa shape index (κ1) is 18.2. The highest BCUT2D eigenvalue weighted by molar-refractivity contribution is 5.95. The minimum Gasteiger partial charge on any atom is -0.343 e. The maximum absolute atomic E-state index is 12.5. The molecule has 1 heterocycles. The van der Waals surface area contributed by atoms with Gasteiger partial charge in [0.25, 0.3) is 0 Å². The Balaban J connectivity index is 1.37. The van der Waals surface area contributed by atoms with Crippen LogP contribution in [0.25, 0.3) is 10.8 Å². The fourth-order valence-electron chi connectivity index (χ4n) is 3.78. The Morgan fingerprint density at radius 2 is 1.93 bits per heavy atom. The molecule has 0 radical (unpaired) electrons. The van der Waals surface area contributed by atoms with Crippen molar-refractivity contribution in [2.24, 2.45) is 0 Å². The van der Waals surface area contributed by atoms with E-state index in [4.69, 9.17) is 0 Å². The summed E-state index contributed by atoms with van der Waals surface area (Å²) in [6.45, 7) is 1.59. The molecule has 0 aliphatic heterocycles. The number of amides is 2. The van der Waals surface area contributed by atoms with Crippen LogP contribution in [0.1, 0.15) is 31.4 Å². The zero-order chi connectivity index (χ0) is 19.7. The highest BCUT2D eigenvalue weighted by Gasteiger charge is 2.34. The number of imidazole rings is 1. The molecule has 28 heavy (non-hydrogen) atoms. The van der Waals surface area contributed by atoms with Crippen molar-refractivity contribution in [2.75, 3.05) is 12.4 Å². The van der Waals surface area contributed by atoms with Crippen molar-refractivity contribution in [1.29, 1.82) is 0 Å². The summed E-state index contributed by atoms with van der Waals surface area (Å²) >= 11 is 0. The highest BCUT2D eigenvalue weighted by atomic mass is 16.2. The third-order valence-corrected chi connectivity index (χ3v) is 5.65. The Bertz CT molecular complexity index is 1010. The number of hydrogen-bond donors (Lipinski definition) is 1. The molecule has 1 aromatic heterocycles. The van der Waals surface area contributed by atoms with Crippen LogP contribution in [0.2, 0.25) is 0 Å². The van der Waals surface area contributed by atoms with Gasteiger partial charge in [-0.1, -0.05) is 42.5 Å². The van der Waals surface area contributed by atoms with Crippen molar-refractivity contribution in [1.82, 2.24) is 14.5 Å². The molecule has 2 amide bonds. The molecule has 3 aromatic rings. The number of hydrogen-bond acceptors (Lipinski definition) is 3. The SMILES string of the molecule is CC(=O)N(C)C1CC(n2cnc(NC(=O)Cc3cccc4ccccc34)c2)C1. The average molecular weight is 376 g/mol. The van der Waals surface area contributed by atoms with Crippen LogP contribution < -0.4 is 5.32 Å². The van der Waals surface area contributed by atoms with E-state index in [9.17, 15) is 9.59 Å². The van der Waals surface area contributed by atoms with E-state index in [-0.39, 0.29) is 17.9 Å². The van der Waals surface area contributed by atoms with Crippen LogP contribution in [-0.2, 0) is 16.0 Å². The van der Waals surface area contributed by atoms with Gasteiger partial charge in [-0.15, -0.1) is 0 Å². The summed E-state index contributed by atoms with van der Waals surface area (Å²) in [5.74, 6) is 0.577. The molecule has 0 saturated heterocycles. The Labute approximate surface area is 164 Å². The summed E-state index contributed by atoms with van der Waals surface area (Å²) in [5.41, 5.74) is 1.00. The minimum atomic E-state index is -0.0793. The Kier molecular flexibility index (Phi) is 4.86. The number of rotatable bonds is 5. The van der Waals surface area contributed by atoms with E-state index in [0.717, 1.165) is 29.2 Å². The fourth-order valence-corrected chi connectivity index (χ4v) is 3.78. The molecule has 144 valence electrons. The summed E-state index contributed by atoms with van der Waals surface area (Å²) in [6, 6.07) is 14.7. The molecule has 6 heteroatoms. The quantitative estimate of drug-likeness (QED) is 0.742. The van der Waals surface area contributed by atoms with Gasteiger partial charge in [-0.3, -0.25) is 9.59 Å². The van der Waals surface area contributed by atoms with Gasteiger partial charge in [0.1, 0.15) is 0 Å². The lowest BCUT2D eigenvalue weighted by Crippen LogP contribution is -2.45. The lowest BCUT2D eigenvalue weighted by Gasteiger charge is -2.41. The van der Waals surface area contributed by atoms with Crippen LogP contribution in [0.15, 0.2) is 55.0 Å². The van der Waals surface area contributed by atoms with Gasteiger partial charge in [-0.25, -0.2) is 4.98 Å². The lowest BCUT2D eigenvalue weighted by atomic mass is 9.85. The zero-order valence-corrected chi connectivity index (χ0v) is 16.1. The molecule has 1 aliphatic rings. The van der Waals surface area contributed by atoms with Gasteiger partial charge in [0.15, 0.2) is 5.82 Å². The number of aromatic nitrogens is 2. The second-order valence-electron chi connectivity index (χ2n) is 7.48. The van der Waals surface area contributed by atoms with Crippen LogP contribution in [0.4, 0.5) is 5.82 Å². The van der Waals surface area contributed by atoms with Gasteiger partial charge in [0.2, 0.25) is 11.8 Å². The maximum atomic E-state index is 12.5. The van der Waals surface area contributed by atoms with E-state index in [1.807, 2.05) is 60.3 Å². The summed E-state index contributed by atoms with van der Waals surface area (Å²) in [7, 11) is 1.84. The summed E-state index contributed by atoms with van der Waals surface area (Å²) in [6.07, 6.45) is 5.76. The van der Waals surface area contributed by atoms with E-state index in [2.05, 4.69) is 10.3 Å². The number of nitrogens with zero attached hydrogens (tertiary/aromatic N) is 3. The molecule has 6 nitrogen and oxygen atoms in total. The molecule has 0 unspecified atom stereocenters.